The van der Waals surface area contributed by atoms with Crippen LogP contribution in [0.25, 0.3) is 0 Å². The molecule has 0 fully saturated rings. The highest BCUT2D eigenvalue weighted by Crippen LogP contribution is 2.29. The van der Waals surface area contributed by atoms with E-state index in [4.69, 9.17) is 28.9 Å². The smallest absolute Gasteiger partial charge is 0.271 e. The molecule has 4 nitrogen and oxygen atoms in total. The fourth-order valence-corrected chi connectivity index (χ4v) is 3.79. The van der Waals surface area contributed by atoms with Gasteiger partial charge in [-0.05, 0) is 24.3 Å². The summed E-state index contributed by atoms with van der Waals surface area (Å²) in [6, 6.07) is 5.92. The summed E-state index contributed by atoms with van der Waals surface area (Å²) in [7, 11) is -3.69. The summed E-state index contributed by atoms with van der Waals surface area (Å²) in [6.45, 7) is 0. The first-order chi connectivity index (χ1) is 8.38. The molecule has 0 bridgehead atoms. The molecule has 0 spiro atoms. The molecule has 0 aliphatic rings. The SMILES string of the molecule is Nc1csc(S(=O)(=O)Nc2cc(Cl)ccc2Cl)c1. The van der Waals surface area contributed by atoms with E-state index in [1.54, 1.807) is 11.4 Å². The molecule has 0 saturated carbocycles. The van der Waals surface area contributed by atoms with Crippen molar-refractivity contribution < 1.29 is 8.42 Å². The Hall–Kier alpha value is -0.950. The van der Waals surface area contributed by atoms with Gasteiger partial charge in [-0.15, -0.1) is 11.3 Å². The Balaban J connectivity index is 2.36. The zero-order valence-corrected chi connectivity index (χ0v) is 12.0. The number of sulfonamides is 1. The number of nitrogens with one attached hydrogen (secondary N) is 1. The van der Waals surface area contributed by atoms with Crippen LogP contribution in [0.15, 0.2) is 33.9 Å². The predicted octanol–water partition coefficient (Wildman–Crippen LogP) is 3.44. The fourth-order valence-electron chi connectivity index (χ4n) is 1.24. The van der Waals surface area contributed by atoms with Gasteiger partial charge in [0.05, 0.1) is 10.7 Å². The lowest BCUT2D eigenvalue weighted by Crippen LogP contribution is -2.11. The predicted molar refractivity (Wildman–Crippen MR) is 76.0 cm³/mol. The molecule has 3 N–H and O–H groups in total. The third-order valence-electron chi connectivity index (χ3n) is 2.03. The molecule has 1 heterocycles. The van der Waals surface area contributed by atoms with Gasteiger partial charge in [-0.3, -0.25) is 4.72 Å². The van der Waals surface area contributed by atoms with Crippen LogP contribution in [0.3, 0.4) is 0 Å². The van der Waals surface area contributed by atoms with Crippen LogP contribution in [0.2, 0.25) is 10.0 Å². The van der Waals surface area contributed by atoms with E-state index in [0.717, 1.165) is 11.3 Å². The van der Waals surface area contributed by atoms with Gasteiger partial charge in [0.1, 0.15) is 4.21 Å². The monoisotopic (exact) mass is 322 g/mol. The van der Waals surface area contributed by atoms with Crippen LogP contribution in [-0.2, 0) is 10.0 Å². The van der Waals surface area contributed by atoms with E-state index in [2.05, 4.69) is 4.72 Å². The first kappa shape index (κ1) is 13.5. The molecule has 0 radical (unpaired) electrons. The highest BCUT2D eigenvalue weighted by atomic mass is 35.5. The average molecular weight is 323 g/mol. The van der Waals surface area contributed by atoms with Crippen molar-refractivity contribution in [2.45, 2.75) is 4.21 Å². The Morgan fingerprint density at radius 2 is 1.94 bits per heavy atom. The number of anilines is 2. The molecule has 0 atom stereocenters. The van der Waals surface area contributed by atoms with Gasteiger partial charge in [-0.2, -0.15) is 0 Å². The number of nitrogen functional groups attached to an aromatic ring is 1. The number of nitrogens with two attached hydrogens (primary N) is 1. The van der Waals surface area contributed by atoms with Gasteiger partial charge in [0, 0.05) is 16.1 Å². The maximum atomic E-state index is 12.0. The molecule has 0 amide bonds. The third kappa shape index (κ3) is 2.89. The minimum Gasteiger partial charge on any atom is -0.398 e. The van der Waals surface area contributed by atoms with Gasteiger partial charge in [0.15, 0.2) is 0 Å². The lowest BCUT2D eigenvalue weighted by Gasteiger charge is -2.08. The van der Waals surface area contributed by atoms with Gasteiger partial charge in [0.25, 0.3) is 10.0 Å². The fraction of sp³-hybridized carbons (Fsp3) is 0. The molecule has 2 aromatic rings. The molecule has 96 valence electrons. The minimum atomic E-state index is -3.69. The van der Waals surface area contributed by atoms with E-state index < -0.39 is 10.0 Å². The van der Waals surface area contributed by atoms with Crippen LogP contribution in [0.5, 0.6) is 0 Å². The molecule has 0 unspecified atom stereocenters. The molecule has 0 aliphatic heterocycles. The number of halogens is 2. The van der Waals surface area contributed by atoms with Crippen molar-refractivity contribution >= 4 is 55.9 Å². The summed E-state index contributed by atoms with van der Waals surface area (Å²) in [5, 5.41) is 2.21. The summed E-state index contributed by atoms with van der Waals surface area (Å²) >= 11 is 12.7. The van der Waals surface area contributed by atoms with E-state index in [1.165, 1.54) is 18.2 Å². The van der Waals surface area contributed by atoms with E-state index in [0.29, 0.717) is 10.7 Å². The molecule has 8 heteroatoms. The van der Waals surface area contributed by atoms with E-state index in [9.17, 15) is 8.42 Å². The maximum absolute atomic E-state index is 12.0. The van der Waals surface area contributed by atoms with Crippen LogP contribution < -0.4 is 10.5 Å². The summed E-state index contributed by atoms with van der Waals surface area (Å²) in [4.78, 5) is 0. The Bertz CT molecular complexity index is 683. The van der Waals surface area contributed by atoms with Gasteiger partial charge in [0.2, 0.25) is 0 Å². The van der Waals surface area contributed by atoms with Crippen LogP contribution in [0.1, 0.15) is 0 Å². The Morgan fingerprint density at radius 1 is 1.22 bits per heavy atom. The molecular formula is C10H8Cl2N2O2S2. The van der Waals surface area contributed by atoms with Crippen molar-refractivity contribution in [3.63, 3.8) is 0 Å². The summed E-state index contributed by atoms with van der Waals surface area (Å²) in [5.41, 5.74) is 6.13. The van der Waals surface area contributed by atoms with Crippen molar-refractivity contribution in [3.8, 4) is 0 Å². The Morgan fingerprint density at radius 3 is 2.56 bits per heavy atom. The maximum Gasteiger partial charge on any atom is 0.271 e. The first-order valence-electron chi connectivity index (χ1n) is 4.70. The largest absolute Gasteiger partial charge is 0.398 e. The van der Waals surface area contributed by atoms with Crippen LogP contribution in [0, 0.1) is 0 Å². The summed E-state index contributed by atoms with van der Waals surface area (Å²) < 4.78 is 26.5. The molecule has 2 rings (SSSR count). The number of hydrogen-bond donors (Lipinski definition) is 2. The topological polar surface area (TPSA) is 72.2 Å². The Kier molecular flexibility index (Phi) is 3.72. The highest BCUT2D eigenvalue weighted by Gasteiger charge is 2.17. The molecule has 18 heavy (non-hydrogen) atoms. The quantitative estimate of drug-likeness (QED) is 0.909. The first-order valence-corrected chi connectivity index (χ1v) is 7.82. The zero-order valence-electron chi connectivity index (χ0n) is 8.85. The molecular weight excluding hydrogens is 315 g/mol. The standard InChI is InChI=1S/C10H8Cl2N2O2S2/c11-6-1-2-8(12)9(3-6)14-18(15,16)10-4-7(13)5-17-10/h1-5,14H,13H2. The van der Waals surface area contributed by atoms with E-state index in [1.807, 2.05) is 0 Å². The normalized spacial score (nSPS) is 11.4. The van der Waals surface area contributed by atoms with Crippen LogP contribution in [-0.4, -0.2) is 8.42 Å². The lowest BCUT2D eigenvalue weighted by molar-refractivity contribution is 0.603. The van der Waals surface area contributed by atoms with Crippen molar-refractivity contribution in [3.05, 3.63) is 39.7 Å². The second-order valence-corrected chi connectivity index (χ2v) is 7.09. The van der Waals surface area contributed by atoms with Gasteiger partial charge >= 0.3 is 0 Å². The van der Waals surface area contributed by atoms with Gasteiger partial charge < -0.3 is 5.73 Å². The molecule has 0 saturated heterocycles. The number of thiophene rings is 1. The van der Waals surface area contributed by atoms with Crippen LogP contribution in [0.4, 0.5) is 11.4 Å². The number of hydrogen-bond acceptors (Lipinski definition) is 4. The second kappa shape index (κ2) is 4.97. The average Bonchev–Trinajstić information content (AvgIpc) is 2.71. The molecule has 0 aliphatic carbocycles. The molecule has 1 aromatic carbocycles. The zero-order chi connectivity index (χ0) is 13.3. The van der Waals surface area contributed by atoms with Gasteiger partial charge in [-0.25, -0.2) is 8.42 Å². The van der Waals surface area contributed by atoms with E-state index >= 15 is 0 Å². The van der Waals surface area contributed by atoms with Crippen molar-refractivity contribution in [2.75, 3.05) is 10.5 Å². The van der Waals surface area contributed by atoms with Crippen LogP contribution >= 0.6 is 34.5 Å². The number of rotatable bonds is 3. The number of benzene rings is 1. The lowest BCUT2D eigenvalue weighted by atomic mass is 10.3. The van der Waals surface area contributed by atoms with Crippen molar-refractivity contribution in [2.24, 2.45) is 0 Å². The van der Waals surface area contributed by atoms with Crippen molar-refractivity contribution in [1.82, 2.24) is 0 Å². The highest BCUT2D eigenvalue weighted by molar-refractivity contribution is 7.94. The second-order valence-electron chi connectivity index (χ2n) is 3.43. The minimum absolute atomic E-state index is 0.121. The van der Waals surface area contributed by atoms with Crippen molar-refractivity contribution in [1.29, 1.82) is 0 Å². The van der Waals surface area contributed by atoms with Gasteiger partial charge in [-0.1, -0.05) is 23.2 Å². The molecule has 1 aromatic heterocycles. The summed E-state index contributed by atoms with van der Waals surface area (Å²) in [6.07, 6.45) is 0. The third-order valence-corrected chi connectivity index (χ3v) is 5.42. The van der Waals surface area contributed by atoms with E-state index in [-0.39, 0.29) is 14.9 Å². The Labute approximate surface area is 118 Å². The summed E-state index contributed by atoms with van der Waals surface area (Å²) in [5.74, 6) is 0.